The Kier molecular flexibility index (Phi) is 5.71. The van der Waals surface area contributed by atoms with E-state index in [1.807, 2.05) is 29.2 Å². The van der Waals surface area contributed by atoms with Crippen LogP contribution in [0.5, 0.6) is 0 Å². The number of hydrogen-bond donors (Lipinski definition) is 1. The van der Waals surface area contributed by atoms with Gasteiger partial charge in [-0.25, -0.2) is 4.79 Å². The van der Waals surface area contributed by atoms with Gasteiger partial charge in [-0.15, -0.1) is 0 Å². The van der Waals surface area contributed by atoms with Gasteiger partial charge in [0, 0.05) is 12.3 Å². The normalized spacial score (nSPS) is 24.2. The third-order valence-corrected chi connectivity index (χ3v) is 8.58. The first-order valence-electron chi connectivity index (χ1n) is 13.5. The Bertz CT molecular complexity index is 1450. The molecule has 2 heterocycles. The Balaban J connectivity index is 1.08. The summed E-state index contributed by atoms with van der Waals surface area (Å²) >= 11 is 0. The van der Waals surface area contributed by atoms with Gasteiger partial charge in [0.2, 0.25) is 0 Å². The molecule has 1 N–H and O–H groups in total. The van der Waals surface area contributed by atoms with Gasteiger partial charge in [-0.2, -0.15) is 0 Å². The van der Waals surface area contributed by atoms with Gasteiger partial charge >= 0.3 is 6.09 Å². The molecule has 7 rings (SSSR count). The van der Waals surface area contributed by atoms with Gasteiger partial charge in [0.05, 0.1) is 30.9 Å². The Morgan fingerprint density at radius 2 is 1.45 bits per heavy atom. The van der Waals surface area contributed by atoms with E-state index in [-0.39, 0.29) is 24.1 Å². The highest BCUT2D eigenvalue weighted by atomic mass is 16.6. The number of benzene rings is 4. The number of fused-ring (bicyclic) bond motifs is 6. The zero-order chi connectivity index (χ0) is 25.7. The number of morpholine rings is 1. The van der Waals surface area contributed by atoms with E-state index in [1.54, 1.807) is 0 Å². The fraction of sp³-hybridized carbons (Fsp3) is 0.303. The van der Waals surface area contributed by atoms with Crippen molar-refractivity contribution in [2.45, 2.75) is 42.9 Å². The SMILES string of the molecule is O=C(OCC1c2ccccc2-c2ccccc21)N1C2COCC1CC(O)(Cc1cccc3ccccc13)C2. The van der Waals surface area contributed by atoms with E-state index in [9.17, 15) is 9.90 Å². The summed E-state index contributed by atoms with van der Waals surface area (Å²) in [4.78, 5) is 15.3. The lowest BCUT2D eigenvalue weighted by molar-refractivity contribution is -0.132. The van der Waals surface area contributed by atoms with Crippen LogP contribution < -0.4 is 0 Å². The van der Waals surface area contributed by atoms with Crippen molar-refractivity contribution in [2.75, 3.05) is 19.8 Å². The maximum absolute atomic E-state index is 13.5. The minimum Gasteiger partial charge on any atom is -0.448 e. The summed E-state index contributed by atoms with van der Waals surface area (Å²) in [6.45, 7) is 1.13. The number of amides is 1. The first-order valence-corrected chi connectivity index (χ1v) is 13.5. The first-order chi connectivity index (χ1) is 18.6. The second kappa shape index (κ2) is 9.26. The molecule has 2 atom stereocenters. The van der Waals surface area contributed by atoms with Crippen molar-refractivity contribution >= 4 is 16.9 Å². The fourth-order valence-electron chi connectivity index (χ4n) is 6.99. The van der Waals surface area contributed by atoms with Crippen LogP contribution >= 0.6 is 0 Å². The van der Waals surface area contributed by atoms with Crippen molar-refractivity contribution in [3.8, 4) is 11.1 Å². The van der Waals surface area contributed by atoms with Gasteiger partial charge in [-0.1, -0.05) is 91.0 Å². The summed E-state index contributed by atoms with van der Waals surface area (Å²) in [5.74, 6) is 0.0236. The fourth-order valence-corrected chi connectivity index (χ4v) is 6.99. The second-order valence-corrected chi connectivity index (χ2v) is 11.0. The van der Waals surface area contributed by atoms with Crippen molar-refractivity contribution in [3.05, 3.63) is 108 Å². The van der Waals surface area contributed by atoms with E-state index in [2.05, 4.69) is 66.7 Å². The molecular weight excluding hydrogens is 474 g/mol. The molecule has 1 amide bonds. The molecule has 0 spiro atoms. The molecule has 2 bridgehead atoms. The van der Waals surface area contributed by atoms with Crippen LogP contribution in [0.4, 0.5) is 4.79 Å². The van der Waals surface area contributed by atoms with Crippen LogP contribution in [-0.4, -0.2) is 53.6 Å². The van der Waals surface area contributed by atoms with Crippen LogP contribution in [-0.2, 0) is 15.9 Å². The topological polar surface area (TPSA) is 59.0 Å². The first kappa shape index (κ1) is 23.4. The monoisotopic (exact) mass is 505 g/mol. The number of ether oxygens (including phenoxy) is 2. The number of aliphatic hydroxyl groups is 1. The lowest BCUT2D eigenvalue weighted by atomic mass is 9.77. The number of nitrogens with zero attached hydrogens (tertiary/aromatic N) is 1. The molecule has 38 heavy (non-hydrogen) atoms. The van der Waals surface area contributed by atoms with Crippen molar-refractivity contribution in [1.82, 2.24) is 4.90 Å². The van der Waals surface area contributed by atoms with E-state index < -0.39 is 5.60 Å². The van der Waals surface area contributed by atoms with Crippen LogP contribution in [0.3, 0.4) is 0 Å². The third-order valence-electron chi connectivity index (χ3n) is 8.58. The summed E-state index contributed by atoms with van der Waals surface area (Å²) in [6.07, 6.45) is 1.19. The van der Waals surface area contributed by atoms with E-state index in [4.69, 9.17) is 9.47 Å². The number of piperidine rings is 1. The Hall–Kier alpha value is -3.67. The van der Waals surface area contributed by atoms with Crippen LogP contribution in [0.1, 0.15) is 35.4 Å². The molecule has 3 aliphatic rings. The molecule has 0 aromatic heterocycles. The minimum atomic E-state index is -0.899. The molecule has 5 heteroatoms. The highest BCUT2D eigenvalue weighted by Crippen LogP contribution is 2.45. The second-order valence-electron chi connectivity index (χ2n) is 11.0. The number of hydrogen-bond acceptors (Lipinski definition) is 4. The average molecular weight is 506 g/mol. The molecule has 0 saturated carbocycles. The molecule has 192 valence electrons. The number of carbonyl (C=O) groups is 1. The van der Waals surface area contributed by atoms with Crippen LogP contribution in [0.25, 0.3) is 21.9 Å². The summed E-state index contributed by atoms with van der Waals surface area (Å²) in [6, 6.07) is 30.9. The highest BCUT2D eigenvalue weighted by Gasteiger charge is 2.49. The molecule has 2 unspecified atom stereocenters. The largest absolute Gasteiger partial charge is 0.448 e. The number of carbonyl (C=O) groups excluding carboxylic acids is 1. The summed E-state index contributed by atoms with van der Waals surface area (Å²) in [5.41, 5.74) is 5.07. The third kappa shape index (κ3) is 3.98. The molecule has 4 aromatic rings. The standard InChI is InChI=1S/C33H31NO4/c35-32(38-21-31-29-14-5-3-12-27(29)28-13-4-6-15-30(28)31)34-24-17-33(36,18-25(34)20-37-19-24)16-23-10-7-9-22-8-1-2-11-26(22)23/h1-15,24-25,31,36H,16-21H2. The van der Waals surface area contributed by atoms with Crippen molar-refractivity contribution < 1.29 is 19.4 Å². The maximum atomic E-state index is 13.5. The van der Waals surface area contributed by atoms with Gasteiger partial charge in [-0.3, -0.25) is 4.90 Å². The summed E-state index contributed by atoms with van der Waals surface area (Å²) in [7, 11) is 0. The maximum Gasteiger partial charge on any atom is 0.410 e. The summed E-state index contributed by atoms with van der Waals surface area (Å²) in [5, 5.41) is 14.1. The molecule has 2 fully saturated rings. The van der Waals surface area contributed by atoms with Crippen LogP contribution in [0, 0.1) is 0 Å². The summed E-state index contributed by atoms with van der Waals surface area (Å²) < 4.78 is 11.9. The van der Waals surface area contributed by atoms with Crippen molar-refractivity contribution in [1.29, 1.82) is 0 Å². The Morgan fingerprint density at radius 3 is 2.16 bits per heavy atom. The minimum absolute atomic E-state index is 0.0236. The smallest absolute Gasteiger partial charge is 0.410 e. The molecule has 2 aliphatic heterocycles. The lowest BCUT2D eigenvalue weighted by Crippen LogP contribution is -2.64. The highest BCUT2D eigenvalue weighted by molar-refractivity contribution is 5.85. The average Bonchev–Trinajstić information content (AvgIpc) is 3.25. The molecule has 0 radical (unpaired) electrons. The zero-order valence-corrected chi connectivity index (χ0v) is 21.3. The predicted octanol–water partition coefficient (Wildman–Crippen LogP) is 5.93. The molecule has 2 saturated heterocycles. The van der Waals surface area contributed by atoms with Crippen molar-refractivity contribution in [3.63, 3.8) is 0 Å². The van der Waals surface area contributed by atoms with E-state index in [0.717, 1.165) is 5.56 Å². The molecule has 4 aromatic carbocycles. The van der Waals surface area contributed by atoms with E-state index in [1.165, 1.54) is 33.0 Å². The molecule has 5 nitrogen and oxygen atoms in total. The molecule has 1 aliphatic carbocycles. The predicted molar refractivity (Wildman–Crippen MR) is 147 cm³/mol. The zero-order valence-electron chi connectivity index (χ0n) is 21.3. The van der Waals surface area contributed by atoms with Gasteiger partial charge < -0.3 is 14.6 Å². The van der Waals surface area contributed by atoms with Gasteiger partial charge in [0.15, 0.2) is 0 Å². The van der Waals surface area contributed by atoms with E-state index >= 15 is 0 Å². The van der Waals surface area contributed by atoms with Gasteiger partial charge in [0.1, 0.15) is 6.61 Å². The van der Waals surface area contributed by atoms with Crippen LogP contribution in [0.15, 0.2) is 91.0 Å². The van der Waals surface area contributed by atoms with Crippen molar-refractivity contribution in [2.24, 2.45) is 0 Å². The Morgan fingerprint density at radius 1 is 0.842 bits per heavy atom. The van der Waals surface area contributed by atoms with E-state index in [0.29, 0.717) is 39.1 Å². The van der Waals surface area contributed by atoms with Crippen LogP contribution in [0.2, 0.25) is 0 Å². The Labute approximate surface area is 222 Å². The lowest BCUT2D eigenvalue weighted by Gasteiger charge is -2.51. The van der Waals surface area contributed by atoms with Gasteiger partial charge in [0.25, 0.3) is 0 Å². The number of rotatable bonds is 4. The molecular formula is C33H31NO4. The quantitative estimate of drug-likeness (QED) is 0.374. The van der Waals surface area contributed by atoms with Gasteiger partial charge in [-0.05, 0) is 51.4 Å².